The van der Waals surface area contributed by atoms with Gasteiger partial charge in [0.1, 0.15) is 5.78 Å². The lowest BCUT2D eigenvalue weighted by Gasteiger charge is -2.62. The number of carbonyl (C=O) groups excluding carboxylic acids is 1. The number of fused-ring (bicyclic) bond motifs is 5. The molecule has 4 aliphatic carbocycles. The third kappa shape index (κ3) is 1.91. The summed E-state index contributed by atoms with van der Waals surface area (Å²) < 4.78 is 0. The van der Waals surface area contributed by atoms with E-state index in [9.17, 15) is 15.0 Å². The maximum Gasteiger partial charge on any atom is 0.133 e. The van der Waals surface area contributed by atoms with Gasteiger partial charge >= 0.3 is 0 Å². The Morgan fingerprint density at radius 3 is 2.64 bits per heavy atom. The van der Waals surface area contributed by atoms with Gasteiger partial charge in [0.15, 0.2) is 0 Å². The monoisotopic (exact) mass is 306 g/mol. The Morgan fingerprint density at radius 2 is 1.86 bits per heavy atom. The minimum Gasteiger partial charge on any atom is -0.393 e. The summed E-state index contributed by atoms with van der Waals surface area (Å²) in [5.41, 5.74) is 0.216. The molecule has 4 rings (SSSR count). The lowest BCUT2D eigenvalue weighted by Crippen LogP contribution is -2.61. The second kappa shape index (κ2) is 4.80. The van der Waals surface area contributed by atoms with E-state index < -0.39 is 0 Å². The SMILES string of the molecule is C[C@]12CCC[C@@H]1[C@@H]1C[C@H](O)[C@H]3CC(=O)CC[C@@]3(C)[C@H]1[C@H](O)C2. The quantitative estimate of drug-likeness (QED) is 0.723. The van der Waals surface area contributed by atoms with E-state index in [0.29, 0.717) is 30.5 Å². The fourth-order valence-corrected chi connectivity index (χ4v) is 7.23. The maximum atomic E-state index is 11.9. The largest absolute Gasteiger partial charge is 0.393 e. The number of hydrogen-bond donors (Lipinski definition) is 2. The molecule has 124 valence electrons. The minimum atomic E-state index is -0.356. The Bertz CT molecular complexity index is 489. The van der Waals surface area contributed by atoms with Crippen molar-refractivity contribution in [3.8, 4) is 0 Å². The van der Waals surface area contributed by atoms with Gasteiger partial charge in [-0.1, -0.05) is 20.3 Å². The van der Waals surface area contributed by atoms with Crippen LogP contribution in [0, 0.1) is 34.5 Å². The number of ketones is 1. The summed E-state index contributed by atoms with van der Waals surface area (Å²) in [7, 11) is 0. The van der Waals surface area contributed by atoms with Crippen molar-refractivity contribution >= 4 is 5.78 Å². The van der Waals surface area contributed by atoms with Crippen molar-refractivity contribution in [3.05, 3.63) is 0 Å². The average molecular weight is 306 g/mol. The third-order valence-electron chi connectivity index (χ3n) is 8.20. The summed E-state index contributed by atoms with van der Waals surface area (Å²) >= 11 is 0. The summed E-state index contributed by atoms with van der Waals surface area (Å²) in [6.45, 7) is 4.61. The fraction of sp³-hybridized carbons (Fsp3) is 0.947. The van der Waals surface area contributed by atoms with Crippen molar-refractivity contribution in [2.45, 2.75) is 77.4 Å². The van der Waals surface area contributed by atoms with E-state index in [1.165, 1.54) is 19.3 Å². The molecule has 4 fully saturated rings. The summed E-state index contributed by atoms with van der Waals surface area (Å²) in [6.07, 6.45) is 6.89. The van der Waals surface area contributed by atoms with Crippen LogP contribution in [-0.2, 0) is 4.79 Å². The highest BCUT2D eigenvalue weighted by atomic mass is 16.3. The van der Waals surface area contributed by atoms with Crippen LogP contribution in [-0.4, -0.2) is 28.2 Å². The zero-order valence-corrected chi connectivity index (χ0v) is 13.9. The molecule has 0 heterocycles. The van der Waals surface area contributed by atoms with Gasteiger partial charge in [0, 0.05) is 12.8 Å². The van der Waals surface area contributed by atoms with Crippen molar-refractivity contribution in [1.29, 1.82) is 0 Å². The van der Waals surface area contributed by atoms with Gasteiger partial charge in [-0.25, -0.2) is 0 Å². The number of hydrogen-bond acceptors (Lipinski definition) is 3. The Balaban J connectivity index is 1.72. The van der Waals surface area contributed by atoms with Crippen LogP contribution in [0.15, 0.2) is 0 Å². The first kappa shape index (κ1) is 15.1. The molecule has 0 aliphatic heterocycles. The molecule has 0 aromatic heterocycles. The number of rotatable bonds is 0. The molecule has 8 atom stereocenters. The van der Waals surface area contributed by atoms with Crippen molar-refractivity contribution in [2.75, 3.05) is 0 Å². The zero-order valence-electron chi connectivity index (χ0n) is 13.9. The van der Waals surface area contributed by atoms with Crippen molar-refractivity contribution in [3.63, 3.8) is 0 Å². The number of Topliss-reactive ketones (excluding diaryl/α,β-unsaturated/α-hetero) is 1. The second-order valence-corrected chi connectivity index (χ2v) is 9.27. The van der Waals surface area contributed by atoms with Crippen molar-refractivity contribution < 1.29 is 15.0 Å². The molecule has 0 amide bonds. The van der Waals surface area contributed by atoms with Gasteiger partial charge in [0.05, 0.1) is 12.2 Å². The molecule has 2 N–H and O–H groups in total. The van der Waals surface area contributed by atoms with E-state index in [1.54, 1.807) is 0 Å². The highest BCUT2D eigenvalue weighted by molar-refractivity contribution is 5.79. The van der Waals surface area contributed by atoms with Gasteiger partial charge in [-0.3, -0.25) is 4.79 Å². The van der Waals surface area contributed by atoms with Crippen molar-refractivity contribution in [2.24, 2.45) is 34.5 Å². The van der Waals surface area contributed by atoms with Gasteiger partial charge < -0.3 is 10.2 Å². The van der Waals surface area contributed by atoms with Gasteiger partial charge in [-0.15, -0.1) is 0 Å². The first-order valence-electron chi connectivity index (χ1n) is 9.23. The highest BCUT2D eigenvalue weighted by Crippen LogP contribution is 2.65. The van der Waals surface area contributed by atoms with E-state index in [2.05, 4.69) is 13.8 Å². The summed E-state index contributed by atoms with van der Waals surface area (Å²) in [4.78, 5) is 11.9. The Hall–Kier alpha value is -0.410. The van der Waals surface area contributed by atoms with E-state index in [0.717, 1.165) is 19.3 Å². The van der Waals surface area contributed by atoms with Gasteiger partial charge in [-0.2, -0.15) is 0 Å². The van der Waals surface area contributed by atoms with Crippen molar-refractivity contribution in [1.82, 2.24) is 0 Å². The van der Waals surface area contributed by atoms with Crippen LogP contribution in [0.2, 0.25) is 0 Å². The Morgan fingerprint density at radius 1 is 1.09 bits per heavy atom. The van der Waals surface area contributed by atoms with Crippen LogP contribution in [0.4, 0.5) is 0 Å². The highest BCUT2D eigenvalue weighted by Gasteiger charge is 2.62. The topological polar surface area (TPSA) is 57.5 Å². The molecular weight excluding hydrogens is 276 g/mol. The molecule has 22 heavy (non-hydrogen) atoms. The van der Waals surface area contributed by atoms with Crippen LogP contribution < -0.4 is 0 Å². The van der Waals surface area contributed by atoms with Crippen LogP contribution in [0.5, 0.6) is 0 Å². The predicted molar refractivity (Wildman–Crippen MR) is 84.1 cm³/mol. The zero-order chi connectivity index (χ0) is 15.7. The summed E-state index contributed by atoms with van der Waals surface area (Å²) in [6, 6.07) is 0. The second-order valence-electron chi connectivity index (χ2n) is 9.27. The molecule has 0 spiro atoms. The molecule has 0 aromatic carbocycles. The first-order chi connectivity index (χ1) is 10.3. The van der Waals surface area contributed by atoms with Crippen LogP contribution in [0.1, 0.15) is 65.2 Å². The Kier molecular flexibility index (Phi) is 3.30. The van der Waals surface area contributed by atoms with Crippen LogP contribution in [0.25, 0.3) is 0 Å². The van der Waals surface area contributed by atoms with E-state index >= 15 is 0 Å². The number of carbonyl (C=O) groups is 1. The molecule has 0 radical (unpaired) electrons. The molecule has 0 aromatic rings. The summed E-state index contributed by atoms with van der Waals surface area (Å²) in [5.74, 6) is 1.75. The smallest absolute Gasteiger partial charge is 0.133 e. The van der Waals surface area contributed by atoms with Gasteiger partial charge in [-0.05, 0) is 66.6 Å². The fourth-order valence-electron chi connectivity index (χ4n) is 7.23. The molecule has 3 nitrogen and oxygen atoms in total. The van der Waals surface area contributed by atoms with E-state index in [-0.39, 0.29) is 34.9 Å². The van der Waals surface area contributed by atoms with E-state index in [4.69, 9.17) is 0 Å². The molecule has 0 saturated heterocycles. The molecule has 4 aliphatic rings. The maximum absolute atomic E-state index is 11.9. The molecule has 4 saturated carbocycles. The van der Waals surface area contributed by atoms with Gasteiger partial charge in [0.25, 0.3) is 0 Å². The molecule has 0 bridgehead atoms. The number of aliphatic hydroxyl groups excluding tert-OH is 2. The van der Waals surface area contributed by atoms with Crippen LogP contribution >= 0.6 is 0 Å². The lowest BCUT2D eigenvalue weighted by atomic mass is 9.44. The summed E-state index contributed by atoms with van der Waals surface area (Å²) in [5, 5.41) is 21.8. The lowest BCUT2D eigenvalue weighted by molar-refractivity contribution is -0.195. The first-order valence-corrected chi connectivity index (χ1v) is 9.23. The molecule has 0 unspecified atom stereocenters. The molecule has 3 heteroatoms. The van der Waals surface area contributed by atoms with Crippen LogP contribution in [0.3, 0.4) is 0 Å². The number of aliphatic hydroxyl groups is 2. The Labute approximate surface area is 133 Å². The third-order valence-corrected chi connectivity index (χ3v) is 8.20. The standard InChI is InChI=1S/C19H30O3/c1-18-6-3-4-13(18)12-9-15(21)14-8-11(20)5-7-19(14,2)17(12)16(22)10-18/h12-17,21-22H,3-10H2,1-2H3/t12-,13+,14+,15-,16+,17+,18+,19+/m0/s1. The van der Waals surface area contributed by atoms with Gasteiger partial charge in [0.2, 0.25) is 0 Å². The average Bonchev–Trinajstić information content (AvgIpc) is 2.82. The van der Waals surface area contributed by atoms with E-state index in [1.807, 2.05) is 0 Å². The molecular formula is C19H30O3. The predicted octanol–water partition coefficient (Wildman–Crippen LogP) is 2.93. The minimum absolute atomic E-state index is 0.0560. The normalized spacial score (nSPS) is 57.9.